The average Bonchev–Trinajstić information content (AvgIpc) is 2.92. The molecule has 0 unspecified atom stereocenters. The fourth-order valence-corrected chi connectivity index (χ4v) is 2.58. The fraction of sp³-hybridized carbons (Fsp3) is 0.316. The Labute approximate surface area is 141 Å². The van der Waals surface area contributed by atoms with Crippen molar-refractivity contribution in [3.8, 4) is 11.3 Å². The molecule has 5 nitrogen and oxygen atoms in total. The molecule has 0 aliphatic rings. The Hall–Kier alpha value is -2.69. The number of aromatic nitrogens is 3. The van der Waals surface area contributed by atoms with Crippen LogP contribution in [0.5, 0.6) is 0 Å². The molecule has 2 heterocycles. The molecule has 0 saturated heterocycles. The minimum Gasteiger partial charge on any atom is -0.347 e. The summed E-state index contributed by atoms with van der Waals surface area (Å²) in [5, 5.41) is 7.35. The van der Waals surface area contributed by atoms with Gasteiger partial charge in [-0.15, -0.1) is 0 Å². The number of fused-ring (bicyclic) bond motifs is 1. The number of aryl methyl sites for hydroxylation is 2. The van der Waals surface area contributed by atoms with Gasteiger partial charge in [-0.05, 0) is 57.9 Å². The molecule has 0 radical (unpaired) electrons. The number of carbonyl (C=O) groups is 1. The SMILES string of the molecule is Cc1ccc(-c2ccnc3c(C(=O)NC(C)(C)C)cnn23)cc1C. The number of benzene rings is 1. The van der Waals surface area contributed by atoms with Gasteiger partial charge in [-0.25, -0.2) is 9.50 Å². The molecule has 2 aromatic heterocycles. The van der Waals surface area contributed by atoms with E-state index in [9.17, 15) is 4.79 Å². The van der Waals surface area contributed by atoms with Gasteiger partial charge in [-0.2, -0.15) is 5.10 Å². The summed E-state index contributed by atoms with van der Waals surface area (Å²) < 4.78 is 1.72. The van der Waals surface area contributed by atoms with Crippen LogP contribution < -0.4 is 5.32 Å². The van der Waals surface area contributed by atoms with Crippen LogP contribution in [-0.4, -0.2) is 26.0 Å². The van der Waals surface area contributed by atoms with Gasteiger partial charge in [-0.1, -0.05) is 12.1 Å². The molecule has 0 spiro atoms. The standard InChI is InChI=1S/C19H22N4O/c1-12-6-7-14(10-13(12)2)16-8-9-20-17-15(11-21-23(16)17)18(24)22-19(3,4)5/h6-11H,1-5H3,(H,22,24). The molecule has 124 valence electrons. The van der Waals surface area contributed by atoms with E-state index < -0.39 is 0 Å². The van der Waals surface area contributed by atoms with Gasteiger partial charge < -0.3 is 5.32 Å². The number of hydrogen-bond acceptors (Lipinski definition) is 3. The van der Waals surface area contributed by atoms with Crippen LogP contribution in [0, 0.1) is 13.8 Å². The maximum absolute atomic E-state index is 12.5. The van der Waals surface area contributed by atoms with Gasteiger partial charge in [0, 0.05) is 17.3 Å². The number of nitrogens with zero attached hydrogens (tertiary/aromatic N) is 3. The lowest BCUT2D eigenvalue weighted by molar-refractivity contribution is 0.0921. The van der Waals surface area contributed by atoms with E-state index in [1.807, 2.05) is 26.8 Å². The number of hydrogen-bond donors (Lipinski definition) is 1. The average molecular weight is 322 g/mol. The van der Waals surface area contributed by atoms with Crippen LogP contribution in [0.2, 0.25) is 0 Å². The minimum absolute atomic E-state index is 0.165. The summed E-state index contributed by atoms with van der Waals surface area (Å²) in [7, 11) is 0. The minimum atomic E-state index is -0.309. The molecule has 0 atom stereocenters. The fourth-order valence-electron chi connectivity index (χ4n) is 2.58. The number of amides is 1. The second-order valence-corrected chi connectivity index (χ2v) is 7.13. The molecule has 1 amide bonds. The summed E-state index contributed by atoms with van der Waals surface area (Å²) in [6.45, 7) is 10.0. The van der Waals surface area contributed by atoms with Crippen LogP contribution in [0.4, 0.5) is 0 Å². The number of carbonyl (C=O) groups excluding carboxylic acids is 1. The normalized spacial score (nSPS) is 11.7. The summed E-state index contributed by atoms with van der Waals surface area (Å²) in [6.07, 6.45) is 3.29. The summed E-state index contributed by atoms with van der Waals surface area (Å²) in [5.74, 6) is -0.165. The van der Waals surface area contributed by atoms with Crippen molar-refractivity contribution in [1.29, 1.82) is 0 Å². The topological polar surface area (TPSA) is 59.3 Å². The van der Waals surface area contributed by atoms with Crippen LogP contribution in [0.25, 0.3) is 16.9 Å². The van der Waals surface area contributed by atoms with E-state index in [0.717, 1.165) is 11.3 Å². The molecule has 0 aliphatic heterocycles. The van der Waals surface area contributed by atoms with Gasteiger partial charge in [0.15, 0.2) is 5.65 Å². The molecule has 3 rings (SSSR count). The Kier molecular flexibility index (Phi) is 3.87. The Bertz CT molecular complexity index is 919. The molecule has 0 fully saturated rings. The highest BCUT2D eigenvalue weighted by Gasteiger charge is 2.20. The lowest BCUT2D eigenvalue weighted by Gasteiger charge is -2.19. The van der Waals surface area contributed by atoms with E-state index >= 15 is 0 Å². The van der Waals surface area contributed by atoms with Crippen molar-refractivity contribution >= 4 is 11.6 Å². The summed E-state index contributed by atoms with van der Waals surface area (Å²) in [6, 6.07) is 8.19. The first kappa shape index (κ1) is 16.2. The molecule has 0 saturated carbocycles. The van der Waals surface area contributed by atoms with Crippen molar-refractivity contribution < 1.29 is 4.79 Å². The first-order chi connectivity index (χ1) is 11.3. The third-order valence-electron chi connectivity index (χ3n) is 3.94. The van der Waals surface area contributed by atoms with Crippen molar-refractivity contribution in [2.45, 2.75) is 40.2 Å². The Balaban J connectivity index is 2.09. The molecule has 0 bridgehead atoms. The number of nitrogens with one attached hydrogen (secondary N) is 1. The third-order valence-corrected chi connectivity index (χ3v) is 3.94. The van der Waals surface area contributed by atoms with Crippen molar-refractivity contribution in [2.24, 2.45) is 0 Å². The first-order valence-electron chi connectivity index (χ1n) is 7.99. The molecule has 24 heavy (non-hydrogen) atoms. The van der Waals surface area contributed by atoms with Crippen LogP contribution in [0.1, 0.15) is 42.3 Å². The number of rotatable bonds is 2. The Morgan fingerprint density at radius 2 is 1.88 bits per heavy atom. The maximum atomic E-state index is 12.5. The summed E-state index contributed by atoms with van der Waals surface area (Å²) >= 11 is 0. The predicted molar refractivity (Wildman–Crippen MR) is 95.1 cm³/mol. The summed E-state index contributed by atoms with van der Waals surface area (Å²) in [5.41, 5.74) is 5.17. The highest BCUT2D eigenvalue weighted by molar-refractivity contribution is 6.00. The quantitative estimate of drug-likeness (QED) is 0.785. The van der Waals surface area contributed by atoms with Crippen LogP contribution in [0.3, 0.4) is 0 Å². The largest absolute Gasteiger partial charge is 0.347 e. The van der Waals surface area contributed by atoms with E-state index in [1.165, 1.54) is 11.1 Å². The highest BCUT2D eigenvalue weighted by Crippen LogP contribution is 2.23. The van der Waals surface area contributed by atoms with E-state index in [4.69, 9.17) is 0 Å². The van der Waals surface area contributed by atoms with E-state index in [0.29, 0.717) is 11.2 Å². The molecule has 0 aliphatic carbocycles. The zero-order chi connectivity index (χ0) is 17.5. The Morgan fingerprint density at radius 3 is 2.54 bits per heavy atom. The molecule has 1 aromatic carbocycles. The monoisotopic (exact) mass is 322 g/mol. The van der Waals surface area contributed by atoms with Gasteiger partial charge in [0.1, 0.15) is 5.56 Å². The lowest BCUT2D eigenvalue weighted by atomic mass is 10.0. The van der Waals surface area contributed by atoms with Gasteiger partial charge in [0.2, 0.25) is 0 Å². The molecule has 5 heteroatoms. The lowest BCUT2D eigenvalue weighted by Crippen LogP contribution is -2.40. The van der Waals surface area contributed by atoms with E-state index in [1.54, 1.807) is 16.9 Å². The second-order valence-electron chi connectivity index (χ2n) is 7.13. The Morgan fingerprint density at radius 1 is 1.12 bits per heavy atom. The zero-order valence-corrected chi connectivity index (χ0v) is 14.7. The molecular weight excluding hydrogens is 300 g/mol. The van der Waals surface area contributed by atoms with Crippen LogP contribution in [-0.2, 0) is 0 Å². The highest BCUT2D eigenvalue weighted by atomic mass is 16.1. The van der Waals surface area contributed by atoms with Crippen LogP contribution >= 0.6 is 0 Å². The third kappa shape index (κ3) is 3.02. The van der Waals surface area contributed by atoms with Crippen molar-refractivity contribution in [3.05, 3.63) is 53.3 Å². The van der Waals surface area contributed by atoms with Crippen LogP contribution in [0.15, 0.2) is 36.7 Å². The van der Waals surface area contributed by atoms with Gasteiger partial charge in [-0.3, -0.25) is 4.79 Å². The van der Waals surface area contributed by atoms with Gasteiger partial charge in [0.25, 0.3) is 5.91 Å². The molecule has 3 aromatic rings. The molecular formula is C19H22N4O. The first-order valence-corrected chi connectivity index (χ1v) is 7.99. The maximum Gasteiger partial charge on any atom is 0.257 e. The predicted octanol–water partition coefficient (Wildman–Crippen LogP) is 3.54. The van der Waals surface area contributed by atoms with Gasteiger partial charge in [0.05, 0.1) is 11.9 Å². The van der Waals surface area contributed by atoms with E-state index in [-0.39, 0.29) is 11.4 Å². The molecule has 1 N–H and O–H groups in total. The van der Waals surface area contributed by atoms with Crippen molar-refractivity contribution in [1.82, 2.24) is 19.9 Å². The van der Waals surface area contributed by atoms with Crippen molar-refractivity contribution in [2.75, 3.05) is 0 Å². The van der Waals surface area contributed by atoms with Crippen molar-refractivity contribution in [3.63, 3.8) is 0 Å². The second kappa shape index (κ2) is 5.74. The van der Waals surface area contributed by atoms with E-state index in [2.05, 4.69) is 47.4 Å². The summed E-state index contributed by atoms with van der Waals surface area (Å²) in [4.78, 5) is 16.8. The zero-order valence-electron chi connectivity index (χ0n) is 14.7. The van der Waals surface area contributed by atoms with Gasteiger partial charge >= 0.3 is 0 Å². The smallest absolute Gasteiger partial charge is 0.257 e.